The van der Waals surface area contributed by atoms with Gasteiger partial charge in [-0.25, -0.2) is 0 Å². The summed E-state index contributed by atoms with van der Waals surface area (Å²) in [6.45, 7) is 0. The van der Waals surface area contributed by atoms with Crippen molar-refractivity contribution in [1.82, 2.24) is 9.78 Å². The maximum Gasteiger partial charge on any atom is 0.303 e. The summed E-state index contributed by atoms with van der Waals surface area (Å²) in [5, 5.41) is 16.0. The lowest BCUT2D eigenvalue weighted by Crippen LogP contribution is -2.14. The third kappa shape index (κ3) is 4.01. The normalized spacial score (nSPS) is 14.7. The Labute approximate surface area is 140 Å². The maximum absolute atomic E-state index is 12.3. The largest absolute Gasteiger partial charge is 0.481 e. The molecule has 1 amide bonds. The zero-order valence-electron chi connectivity index (χ0n) is 13.4. The van der Waals surface area contributed by atoms with Gasteiger partial charge in [-0.2, -0.15) is 5.10 Å². The molecule has 24 heavy (non-hydrogen) atoms. The molecule has 0 unspecified atom stereocenters. The van der Waals surface area contributed by atoms with Crippen LogP contribution in [0.3, 0.4) is 0 Å². The summed E-state index contributed by atoms with van der Waals surface area (Å²) in [4.78, 5) is 23.0. The molecule has 1 fully saturated rings. The van der Waals surface area contributed by atoms with Gasteiger partial charge in [-0.05, 0) is 43.0 Å². The summed E-state index contributed by atoms with van der Waals surface area (Å²) >= 11 is 0. The summed E-state index contributed by atoms with van der Waals surface area (Å²) in [6.07, 6.45) is 7.06. The third-order valence-corrected chi connectivity index (χ3v) is 4.35. The number of nitrogens with zero attached hydrogens (tertiary/aromatic N) is 2. The smallest absolute Gasteiger partial charge is 0.303 e. The first-order valence-electron chi connectivity index (χ1n) is 8.29. The van der Waals surface area contributed by atoms with Crippen LogP contribution >= 0.6 is 0 Å². The number of carbonyl (C=O) groups excluding carboxylic acids is 1. The number of anilines is 1. The third-order valence-electron chi connectivity index (χ3n) is 4.35. The zero-order valence-corrected chi connectivity index (χ0v) is 13.4. The predicted octanol–water partition coefficient (Wildman–Crippen LogP) is 3.27. The molecule has 0 spiro atoms. The Morgan fingerprint density at radius 2 is 2.04 bits per heavy atom. The van der Waals surface area contributed by atoms with E-state index in [9.17, 15) is 9.59 Å². The van der Waals surface area contributed by atoms with Crippen LogP contribution in [0, 0.1) is 0 Å². The number of nitrogens with one attached hydrogen (secondary N) is 1. The van der Waals surface area contributed by atoms with Gasteiger partial charge >= 0.3 is 5.97 Å². The zero-order chi connectivity index (χ0) is 16.9. The van der Waals surface area contributed by atoms with Gasteiger partial charge in [0.1, 0.15) is 0 Å². The number of carboxylic acids is 1. The topological polar surface area (TPSA) is 84.2 Å². The molecule has 0 bridgehead atoms. The van der Waals surface area contributed by atoms with Crippen molar-refractivity contribution in [3.63, 3.8) is 0 Å². The summed E-state index contributed by atoms with van der Waals surface area (Å²) in [7, 11) is 0. The van der Waals surface area contributed by atoms with E-state index in [2.05, 4.69) is 10.4 Å². The van der Waals surface area contributed by atoms with Gasteiger partial charge in [0.05, 0.1) is 6.04 Å². The number of hydrogen-bond donors (Lipinski definition) is 2. The van der Waals surface area contributed by atoms with Gasteiger partial charge in [-0.1, -0.05) is 25.0 Å². The van der Waals surface area contributed by atoms with Crippen LogP contribution in [0.1, 0.15) is 54.2 Å². The van der Waals surface area contributed by atoms with Crippen LogP contribution in [-0.2, 0) is 11.2 Å². The highest BCUT2D eigenvalue weighted by atomic mass is 16.4. The molecule has 0 radical (unpaired) electrons. The Kier molecular flexibility index (Phi) is 4.93. The van der Waals surface area contributed by atoms with Gasteiger partial charge < -0.3 is 10.4 Å². The number of carbonyl (C=O) groups is 2. The predicted molar refractivity (Wildman–Crippen MR) is 90.1 cm³/mol. The summed E-state index contributed by atoms with van der Waals surface area (Å²) in [5.41, 5.74) is 1.93. The highest BCUT2D eigenvalue weighted by Gasteiger charge is 2.19. The van der Waals surface area contributed by atoms with E-state index < -0.39 is 5.97 Å². The first-order chi connectivity index (χ1) is 11.6. The number of aryl methyl sites for hydroxylation is 1. The van der Waals surface area contributed by atoms with Crippen molar-refractivity contribution in [3.05, 3.63) is 47.8 Å². The Morgan fingerprint density at radius 1 is 1.25 bits per heavy atom. The van der Waals surface area contributed by atoms with E-state index in [0.29, 0.717) is 23.8 Å². The van der Waals surface area contributed by atoms with Gasteiger partial charge in [-0.15, -0.1) is 0 Å². The second-order valence-corrected chi connectivity index (χ2v) is 6.17. The van der Waals surface area contributed by atoms with Crippen LogP contribution < -0.4 is 5.32 Å². The molecule has 126 valence electrons. The lowest BCUT2D eigenvalue weighted by Gasteiger charge is -2.09. The molecule has 2 N–H and O–H groups in total. The first-order valence-corrected chi connectivity index (χ1v) is 8.29. The van der Waals surface area contributed by atoms with Gasteiger partial charge in [0.2, 0.25) is 0 Å². The van der Waals surface area contributed by atoms with E-state index in [1.165, 1.54) is 12.8 Å². The number of carboxylic acid groups (broad SMARTS) is 1. The van der Waals surface area contributed by atoms with Crippen LogP contribution in [0.2, 0.25) is 0 Å². The van der Waals surface area contributed by atoms with E-state index in [-0.39, 0.29) is 12.3 Å². The van der Waals surface area contributed by atoms with Gasteiger partial charge in [0.25, 0.3) is 5.91 Å². The molecule has 3 rings (SSSR count). The molecule has 6 nitrogen and oxygen atoms in total. The summed E-state index contributed by atoms with van der Waals surface area (Å²) < 4.78 is 1.89. The molecule has 1 heterocycles. The second-order valence-electron chi connectivity index (χ2n) is 6.17. The molecule has 1 aliphatic rings. The standard InChI is InChI=1S/C18H21N3O3/c22-17(23)9-8-13-4-3-5-14(12-13)19-18(24)16-10-11-21(20-16)15-6-1-2-7-15/h3-5,10-12,15H,1-2,6-9H2,(H,19,24)(H,22,23). The minimum Gasteiger partial charge on any atom is -0.481 e. The summed E-state index contributed by atoms with van der Waals surface area (Å²) in [6, 6.07) is 9.40. The van der Waals surface area contributed by atoms with Crippen molar-refractivity contribution in [2.45, 2.75) is 44.6 Å². The van der Waals surface area contributed by atoms with E-state index in [1.807, 2.05) is 23.0 Å². The lowest BCUT2D eigenvalue weighted by atomic mass is 10.1. The fraction of sp³-hybridized carbons (Fsp3) is 0.389. The Balaban J connectivity index is 1.64. The van der Waals surface area contributed by atoms with Crippen molar-refractivity contribution in [2.75, 3.05) is 5.32 Å². The molecule has 1 aromatic carbocycles. The van der Waals surface area contributed by atoms with Crippen molar-refractivity contribution in [3.8, 4) is 0 Å². The van der Waals surface area contributed by atoms with E-state index >= 15 is 0 Å². The maximum atomic E-state index is 12.3. The number of hydrogen-bond acceptors (Lipinski definition) is 3. The summed E-state index contributed by atoms with van der Waals surface area (Å²) in [5.74, 6) is -1.08. The molecule has 0 aliphatic heterocycles. The monoisotopic (exact) mass is 327 g/mol. The van der Waals surface area contributed by atoms with Gasteiger partial charge in [0, 0.05) is 18.3 Å². The number of rotatable bonds is 6. The second kappa shape index (κ2) is 7.29. The Morgan fingerprint density at radius 3 is 2.79 bits per heavy atom. The number of aromatic nitrogens is 2. The average Bonchev–Trinajstić information content (AvgIpc) is 3.24. The van der Waals surface area contributed by atoms with E-state index in [0.717, 1.165) is 18.4 Å². The van der Waals surface area contributed by atoms with E-state index in [4.69, 9.17) is 5.11 Å². The average molecular weight is 327 g/mol. The Hall–Kier alpha value is -2.63. The van der Waals surface area contributed by atoms with Crippen LogP contribution in [0.15, 0.2) is 36.5 Å². The quantitative estimate of drug-likeness (QED) is 0.853. The van der Waals surface area contributed by atoms with Crippen molar-refractivity contribution >= 4 is 17.6 Å². The molecule has 0 saturated heterocycles. The molecule has 1 saturated carbocycles. The molecule has 6 heteroatoms. The van der Waals surface area contributed by atoms with Crippen molar-refractivity contribution in [1.29, 1.82) is 0 Å². The van der Waals surface area contributed by atoms with Crippen LogP contribution in [0.25, 0.3) is 0 Å². The van der Waals surface area contributed by atoms with Gasteiger partial charge in [0.15, 0.2) is 5.69 Å². The molecule has 1 aliphatic carbocycles. The Bertz CT molecular complexity index is 733. The minimum atomic E-state index is -0.832. The number of benzene rings is 1. The lowest BCUT2D eigenvalue weighted by molar-refractivity contribution is -0.136. The number of aliphatic carboxylic acids is 1. The molecule has 2 aromatic rings. The van der Waals surface area contributed by atoms with Crippen LogP contribution in [-0.4, -0.2) is 26.8 Å². The van der Waals surface area contributed by atoms with Crippen LogP contribution in [0.5, 0.6) is 0 Å². The highest BCUT2D eigenvalue weighted by molar-refractivity contribution is 6.02. The fourth-order valence-corrected chi connectivity index (χ4v) is 3.08. The molecular weight excluding hydrogens is 306 g/mol. The SMILES string of the molecule is O=C(O)CCc1cccc(NC(=O)c2ccn(C3CCCC3)n2)c1. The van der Waals surface area contributed by atoms with Crippen molar-refractivity contribution < 1.29 is 14.7 Å². The molecule has 1 aromatic heterocycles. The van der Waals surface area contributed by atoms with E-state index in [1.54, 1.807) is 18.2 Å². The van der Waals surface area contributed by atoms with Crippen molar-refractivity contribution in [2.24, 2.45) is 0 Å². The number of amides is 1. The molecular formula is C18H21N3O3. The highest BCUT2D eigenvalue weighted by Crippen LogP contribution is 2.28. The van der Waals surface area contributed by atoms with Crippen LogP contribution in [0.4, 0.5) is 5.69 Å². The molecule has 0 atom stereocenters. The van der Waals surface area contributed by atoms with Gasteiger partial charge in [-0.3, -0.25) is 14.3 Å². The minimum absolute atomic E-state index is 0.0726. The first kappa shape index (κ1) is 16.2. The fourth-order valence-electron chi connectivity index (χ4n) is 3.08.